The Kier molecular flexibility index (Phi) is 20.4. The highest BCUT2D eigenvalue weighted by atomic mass is 127. The molecule has 0 heterocycles. The van der Waals surface area contributed by atoms with Crippen LogP contribution in [0.1, 0.15) is 25.7 Å². The van der Waals surface area contributed by atoms with Crippen molar-refractivity contribution in [2.24, 2.45) is 0 Å². The molecule has 0 aliphatic rings. The second-order valence-corrected chi connectivity index (χ2v) is 7.41. The van der Waals surface area contributed by atoms with Gasteiger partial charge in [-0.15, -0.1) is 0 Å². The lowest BCUT2D eigenvalue weighted by molar-refractivity contribution is -0.0128. The first-order valence-electron chi connectivity index (χ1n) is 10.6. The lowest BCUT2D eigenvalue weighted by Gasteiger charge is -2.08. The van der Waals surface area contributed by atoms with E-state index in [1.807, 2.05) is 30.3 Å². The molecule has 0 fully saturated rings. The number of hydrogen-bond donors (Lipinski definition) is 0. The molecule has 0 atom stereocenters. The topological polar surface area (TPSA) is 55.4 Å². The summed E-state index contributed by atoms with van der Waals surface area (Å²) in [5.74, 6) is 0.860. The Bertz CT molecular complexity index is 435. The minimum Gasteiger partial charge on any atom is -0.491 e. The molecular weight excluding hydrogens is 487 g/mol. The van der Waals surface area contributed by atoms with Gasteiger partial charge in [-0.05, 0) is 29.4 Å². The predicted octanol–water partition coefficient (Wildman–Crippen LogP) is 4.14. The Morgan fingerprint density at radius 1 is 0.483 bits per heavy atom. The first kappa shape index (κ1) is 26.6. The van der Waals surface area contributed by atoms with Crippen LogP contribution in [0.4, 0.5) is 0 Å². The third-order valence-corrected chi connectivity index (χ3v) is 4.66. The van der Waals surface area contributed by atoms with Crippen LogP contribution in [0.25, 0.3) is 0 Å². The number of benzene rings is 1. The van der Waals surface area contributed by atoms with E-state index in [4.69, 9.17) is 28.4 Å². The first-order chi connectivity index (χ1) is 14.4. The van der Waals surface area contributed by atoms with Crippen LogP contribution in [0.3, 0.4) is 0 Å². The molecule has 0 N–H and O–H groups in total. The summed E-state index contributed by atoms with van der Waals surface area (Å²) in [6.07, 6.45) is 5.02. The molecule has 0 unspecified atom stereocenters. The second kappa shape index (κ2) is 22.2. The molecule has 1 aromatic rings. The van der Waals surface area contributed by atoms with Gasteiger partial charge in [0.1, 0.15) is 12.4 Å². The molecule has 0 saturated carbocycles. The average molecular weight is 524 g/mol. The van der Waals surface area contributed by atoms with Gasteiger partial charge in [0.05, 0.1) is 59.5 Å². The monoisotopic (exact) mass is 524 g/mol. The average Bonchev–Trinajstić information content (AvgIpc) is 2.75. The van der Waals surface area contributed by atoms with Crippen LogP contribution in [-0.4, -0.2) is 77.1 Å². The highest BCUT2D eigenvalue weighted by Crippen LogP contribution is 2.07. The number of rotatable bonds is 22. The van der Waals surface area contributed by atoms with Gasteiger partial charge in [-0.3, -0.25) is 0 Å². The van der Waals surface area contributed by atoms with Crippen LogP contribution in [0, 0.1) is 0 Å². The van der Waals surface area contributed by atoms with Crippen molar-refractivity contribution >= 4 is 22.6 Å². The molecule has 0 aliphatic carbocycles. The van der Waals surface area contributed by atoms with Crippen molar-refractivity contribution in [1.29, 1.82) is 0 Å². The van der Waals surface area contributed by atoms with Crippen molar-refractivity contribution in [3.05, 3.63) is 30.3 Å². The van der Waals surface area contributed by atoms with E-state index in [0.29, 0.717) is 66.1 Å². The summed E-state index contributed by atoms with van der Waals surface area (Å²) < 4.78 is 34.2. The zero-order valence-corrected chi connectivity index (χ0v) is 19.7. The molecule has 0 aliphatic heterocycles. The van der Waals surface area contributed by atoms with Crippen molar-refractivity contribution in [1.82, 2.24) is 0 Å². The predicted molar refractivity (Wildman–Crippen MR) is 123 cm³/mol. The number of para-hydroxylation sites is 1. The summed E-state index contributed by atoms with van der Waals surface area (Å²) in [5.41, 5.74) is 0. The van der Waals surface area contributed by atoms with Crippen LogP contribution in [0.5, 0.6) is 5.75 Å². The van der Waals surface area contributed by atoms with Gasteiger partial charge in [-0.1, -0.05) is 53.6 Å². The molecule has 0 amide bonds. The van der Waals surface area contributed by atoms with E-state index in [-0.39, 0.29) is 0 Å². The molecule has 0 spiro atoms. The molecule has 0 aromatic heterocycles. The molecule has 29 heavy (non-hydrogen) atoms. The quantitative estimate of drug-likeness (QED) is 0.129. The number of unbranched alkanes of at least 4 members (excludes halogenated alkanes) is 3. The van der Waals surface area contributed by atoms with E-state index in [0.717, 1.165) is 18.8 Å². The summed E-state index contributed by atoms with van der Waals surface area (Å²) in [6.45, 7) is 6.60. The van der Waals surface area contributed by atoms with Crippen LogP contribution >= 0.6 is 22.6 Å². The fourth-order valence-corrected chi connectivity index (χ4v) is 2.91. The zero-order chi connectivity index (χ0) is 20.7. The summed E-state index contributed by atoms with van der Waals surface area (Å²) in [7, 11) is 0. The molecule has 1 rings (SSSR count). The molecule has 1 aromatic carbocycles. The Hall–Kier alpha value is -0.450. The lowest BCUT2D eigenvalue weighted by atomic mass is 10.2. The highest BCUT2D eigenvalue weighted by Gasteiger charge is 1.95. The van der Waals surface area contributed by atoms with Crippen molar-refractivity contribution in [2.45, 2.75) is 25.7 Å². The van der Waals surface area contributed by atoms with E-state index >= 15 is 0 Å². The van der Waals surface area contributed by atoms with Gasteiger partial charge < -0.3 is 28.4 Å². The van der Waals surface area contributed by atoms with Gasteiger partial charge in [0.15, 0.2) is 0 Å². The SMILES string of the molecule is ICCCCCCOCCOCCOCCOCCOCCOc1ccccc1. The van der Waals surface area contributed by atoms with E-state index < -0.39 is 0 Å². The third-order valence-electron chi connectivity index (χ3n) is 3.90. The highest BCUT2D eigenvalue weighted by molar-refractivity contribution is 14.1. The van der Waals surface area contributed by atoms with E-state index in [9.17, 15) is 0 Å². The summed E-state index contributed by atoms with van der Waals surface area (Å²) in [5, 5.41) is 0. The summed E-state index contributed by atoms with van der Waals surface area (Å²) in [4.78, 5) is 0. The third kappa shape index (κ3) is 19.3. The van der Waals surface area contributed by atoms with Gasteiger partial charge in [0, 0.05) is 6.61 Å². The molecule has 168 valence electrons. The minimum absolute atomic E-state index is 0.539. The van der Waals surface area contributed by atoms with E-state index in [2.05, 4.69) is 22.6 Å². The molecule has 7 heteroatoms. The van der Waals surface area contributed by atoms with Crippen LogP contribution < -0.4 is 4.74 Å². The lowest BCUT2D eigenvalue weighted by Crippen LogP contribution is -2.14. The number of alkyl halides is 1. The minimum atomic E-state index is 0.539. The van der Waals surface area contributed by atoms with Gasteiger partial charge >= 0.3 is 0 Å². The molecule has 6 nitrogen and oxygen atoms in total. The molecule has 0 bridgehead atoms. The Morgan fingerprint density at radius 2 is 0.931 bits per heavy atom. The van der Waals surface area contributed by atoms with Crippen LogP contribution in [0.2, 0.25) is 0 Å². The number of ether oxygens (including phenoxy) is 6. The van der Waals surface area contributed by atoms with Crippen LogP contribution in [0.15, 0.2) is 30.3 Å². The largest absolute Gasteiger partial charge is 0.491 e. The summed E-state index contributed by atoms with van der Waals surface area (Å²) >= 11 is 2.42. The van der Waals surface area contributed by atoms with Crippen molar-refractivity contribution in [3.8, 4) is 5.75 Å². The normalized spacial score (nSPS) is 11.1. The fraction of sp³-hybridized carbons (Fsp3) is 0.727. The standard InChI is InChI=1S/C22H37IO6/c23-10-6-1-2-7-11-24-12-13-25-14-15-26-16-17-27-18-19-28-20-21-29-22-8-4-3-5-9-22/h3-5,8-9H,1-2,6-7,10-21H2. The zero-order valence-electron chi connectivity index (χ0n) is 17.5. The number of hydrogen-bond acceptors (Lipinski definition) is 6. The van der Waals surface area contributed by atoms with Crippen molar-refractivity contribution < 1.29 is 28.4 Å². The molecule has 0 radical (unpaired) electrons. The van der Waals surface area contributed by atoms with E-state index in [1.54, 1.807) is 0 Å². The van der Waals surface area contributed by atoms with Gasteiger partial charge in [0.25, 0.3) is 0 Å². The smallest absolute Gasteiger partial charge is 0.119 e. The van der Waals surface area contributed by atoms with Crippen LogP contribution in [-0.2, 0) is 23.7 Å². The van der Waals surface area contributed by atoms with Gasteiger partial charge in [-0.2, -0.15) is 0 Å². The molecular formula is C22H37IO6. The maximum Gasteiger partial charge on any atom is 0.119 e. The maximum atomic E-state index is 5.54. The Morgan fingerprint density at radius 3 is 1.45 bits per heavy atom. The first-order valence-corrected chi connectivity index (χ1v) is 12.1. The van der Waals surface area contributed by atoms with E-state index in [1.165, 1.54) is 23.7 Å². The summed E-state index contributed by atoms with van der Waals surface area (Å²) in [6, 6.07) is 9.72. The second-order valence-electron chi connectivity index (χ2n) is 6.33. The van der Waals surface area contributed by atoms with Crippen molar-refractivity contribution in [3.63, 3.8) is 0 Å². The Labute approximate surface area is 189 Å². The fourth-order valence-electron chi connectivity index (χ4n) is 2.37. The van der Waals surface area contributed by atoms with Gasteiger partial charge in [0.2, 0.25) is 0 Å². The number of halogens is 1. The van der Waals surface area contributed by atoms with Crippen molar-refractivity contribution in [2.75, 3.05) is 77.1 Å². The molecule has 0 saturated heterocycles. The Balaban J connectivity index is 1.66. The maximum absolute atomic E-state index is 5.54. The van der Waals surface area contributed by atoms with Gasteiger partial charge in [-0.25, -0.2) is 0 Å².